The fourth-order valence-electron chi connectivity index (χ4n) is 2.42. The van der Waals surface area contributed by atoms with E-state index in [1.807, 2.05) is 54.6 Å². The van der Waals surface area contributed by atoms with Crippen LogP contribution in [0.15, 0.2) is 60.8 Å². The molecule has 0 saturated heterocycles. The summed E-state index contributed by atoms with van der Waals surface area (Å²) >= 11 is 0. The van der Waals surface area contributed by atoms with Crippen LogP contribution in [0.25, 0.3) is 22.0 Å². The lowest BCUT2D eigenvalue weighted by molar-refractivity contribution is -0.136. The molecule has 3 aromatic rings. The van der Waals surface area contributed by atoms with E-state index in [0.29, 0.717) is 0 Å². The molecule has 0 aliphatic carbocycles. The van der Waals surface area contributed by atoms with E-state index < -0.39 is 5.97 Å². The van der Waals surface area contributed by atoms with Gasteiger partial charge in [-0.3, -0.25) is 9.78 Å². The number of aliphatic carboxylic acids is 1. The summed E-state index contributed by atoms with van der Waals surface area (Å²) in [6.45, 7) is 0. The summed E-state index contributed by atoms with van der Waals surface area (Å²) in [5.41, 5.74) is 2.73. The van der Waals surface area contributed by atoms with Gasteiger partial charge in [0.15, 0.2) is 0 Å². The van der Waals surface area contributed by atoms with Crippen LogP contribution in [-0.2, 0) is 11.2 Å². The van der Waals surface area contributed by atoms with Crippen LogP contribution in [0.1, 0.15) is 5.56 Å². The van der Waals surface area contributed by atoms with Gasteiger partial charge < -0.3 is 5.11 Å². The van der Waals surface area contributed by atoms with Gasteiger partial charge in [0.2, 0.25) is 0 Å². The molecule has 98 valence electrons. The third-order valence-corrected chi connectivity index (χ3v) is 3.29. The van der Waals surface area contributed by atoms with Crippen molar-refractivity contribution in [2.75, 3.05) is 0 Å². The van der Waals surface area contributed by atoms with Gasteiger partial charge in [-0.2, -0.15) is 0 Å². The first-order valence-electron chi connectivity index (χ1n) is 6.39. The Morgan fingerprint density at radius 2 is 1.75 bits per heavy atom. The van der Waals surface area contributed by atoms with Crippen LogP contribution in [0.2, 0.25) is 0 Å². The highest BCUT2D eigenvalue weighted by Gasteiger charge is 2.09. The molecule has 2 aromatic carbocycles. The van der Waals surface area contributed by atoms with Crippen molar-refractivity contribution in [2.45, 2.75) is 6.42 Å². The summed E-state index contributed by atoms with van der Waals surface area (Å²) in [6, 6.07) is 17.5. The lowest BCUT2D eigenvalue weighted by Gasteiger charge is -2.08. The Morgan fingerprint density at radius 3 is 2.50 bits per heavy atom. The number of hydrogen-bond acceptors (Lipinski definition) is 2. The molecule has 0 aliphatic rings. The van der Waals surface area contributed by atoms with Crippen molar-refractivity contribution in [2.24, 2.45) is 0 Å². The van der Waals surface area contributed by atoms with E-state index >= 15 is 0 Å². The Kier molecular flexibility index (Phi) is 3.17. The fourth-order valence-corrected chi connectivity index (χ4v) is 2.42. The highest BCUT2D eigenvalue weighted by Crippen LogP contribution is 2.28. The highest BCUT2D eigenvalue weighted by atomic mass is 16.4. The first-order valence-corrected chi connectivity index (χ1v) is 6.39. The largest absolute Gasteiger partial charge is 0.481 e. The Bertz CT molecular complexity index is 766. The number of carbonyl (C=O) groups is 1. The average Bonchev–Trinajstić information content (AvgIpc) is 2.47. The number of nitrogens with zero attached hydrogens (tertiary/aromatic N) is 1. The monoisotopic (exact) mass is 263 g/mol. The number of aromatic nitrogens is 1. The molecule has 0 unspecified atom stereocenters. The van der Waals surface area contributed by atoms with Gasteiger partial charge in [0, 0.05) is 17.1 Å². The summed E-state index contributed by atoms with van der Waals surface area (Å²) in [5.74, 6) is -0.824. The molecule has 0 fully saturated rings. The second-order valence-electron chi connectivity index (χ2n) is 4.61. The first-order chi connectivity index (χ1) is 9.75. The minimum atomic E-state index is -0.824. The van der Waals surface area contributed by atoms with E-state index in [2.05, 4.69) is 4.98 Å². The quantitative estimate of drug-likeness (QED) is 0.786. The zero-order chi connectivity index (χ0) is 13.9. The SMILES string of the molecule is O=C(O)Cc1cccc2c(-c3ccccc3)nccc12. The van der Waals surface area contributed by atoms with Crippen molar-refractivity contribution in [3.63, 3.8) is 0 Å². The molecule has 1 heterocycles. The summed E-state index contributed by atoms with van der Waals surface area (Å²) in [4.78, 5) is 15.4. The smallest absolute Gasteiger partial charge is 0.307 e. The summed E-state index contributed by atoms with van der Waals surface area (Å²) in [5, 5.41) is 10.9. The van der Waals surface area contributed by atoms with Crippen LogP contribution in [0, 0.1) is 0 Å². The normalized spacial score (nSPS) is 10.6. The molecule has 0 aliphatic heterocycles. The van der Waals surface area contributed by atoms with Gasteiger partial charge in [-0.25, -0.2) is 0 Å². The summed E-state index contributed by atoms with van der Waals surface area (Å²) in [7, 11) is 0. The van der Waals surface area contributed by atoms with Crippen molar-refractivity contribution in [3.8, 4) is 11.3 Å². The Hall–Kier alpha value is -2.68. The third-order valence-electron chi connectivity index (χ3n) is 3.29. The Labute approximate surface area is 116 Å². The molecule has 20 heavy (non-hydrogen) atoms. The van der Waals surface area contributed by atoms with E-state index in [1.165, 1.54) is 0 Å². The second-order valence-corrected chi connectivity index (χ2v) is 4.61. The molecule has 0 amide bonds. The van der Waals surface area contributed by atoms with Crippen molar-refractivity contribution in [3.05, 3.63) is 66.4 Å². The lowest BCUT2D eigenvalue weighted by Crippen LogP contribution is -2.01. The zero-order valence-electron chi connectivity index (χ0n) is 10.8. The number of carboxylic acids is 1. The maximum Gasteiger partial charge on any atom is 0.307 e. The molecule has 3 rings (SSSR count). The Balaban J connectivity index is 2.23. The summed E-state index contributed by atoms with van der Waals surface area (Å²) < 4.78 is 0. The lowest BCUT2D eigenvalue weighted by atomic mass is 9.99. The van der Waals surface area contributed by atoms with Crippen molar-refractivity contribution in [1.29, 1.82) is 0 Å². The fraction of sp³-hybridized carbons (Fsp3) is 0.0588. The van der Waals surface area contributed by atoms with E-state index in [1.54, 1.807) is 6.20 Å². The molecule has 3 heteroatoms. The maximum absolute atomic E-state index is 11.0. The first kappa shape index (κ1) is 12.4. The molecule has 3 nitrogen and oxygen atoms in total. The van der Waals surface area contributed by atoms with Gasteiger partial charge >= 0.3 is 5.97 Å². The maximum atomic E-state index is 11.0. The molecule has 1 N–H and O–H groups in total. The third kappa shape index (κ3) is 2.26. The van der Waals surface area contributed by atoms with Crippen LogP contribution in [0.3, 0.4) is 0 Å². The van der Waals surface area contributed by atoms with Crippen molar-refractivity contribution < 1.29 is 9.90 Å². The highest BCUT2D eigenvalue weighted by molar-refractivity contribution is 5.97. The number of rotatable bonds is 3. The van der Waals surface area contributed by atoms with Crippen LogP contribution in [0.5, 0.6) is 0 Å². The molecule has 0 bridgehead atoms. The Morgan fingerprint density at radius 1 is 0.950 bits per heavy atom. The van der Waals surface area contributed by atoms with E-state index in [-0.39, 0.29) is 6.42 Å². The zero-order valence-corrected chi connectivity index (χ0v) is 10.8. The number of pyridine rings is 1. The number of benzene rings is 2. The predicted octanol–water partition coefficient (Wildman–Crippen LogP) is 3.53. The van der Waals surface area contributed by atoms with E-state index in [4.69, 9.17) is 5.11 Å². The average molecular weight is 263 g/mol. The predicted molar refractivity (Wildman–Crippen MR) is 78.5 cm³/mol. The van der Waals surface area contributed by atoms with E-state index in [9.17, 15) is 4.79 Å². The van der Waals surface area contributed by atoms with Crippen LogP contribution < -0.4 is 0 Å². The topological polar surface area (TPSA) is 50.2 Å². The van der Waals surface area contributed by atoms with Crippen LogP contribution in [0.4, 0.5) is 0 Å². The molecule has 0 saturated carbocycles. The molecule has 0 radical (unpaired) electrons. The second kappa shape index (κ2) is 5.13. The van der Waals surface area contributed by atoms with Crippen LogP contribution >= 0.6 is 0 Å². The standard InChI is InChI=1S/C17H13NO2/c19-16(20)11-13-7-4-8-15-14(13)9-10-18-17(15)12-5-2-1-3-6-12/h1-10H,11H2,(H,19,20). The summed E-state index contributed by atoms with van der Waals surface area (Å²) in [6.07, 6.45) is 1.76. The van der Waals surface area contributed by atoms with Gasteiger partial charge in [0.05, 0.1) is 12.1 Å². The minimum absolute atomic E-state index is 0.0234. The van der Waals surface area contributed by atoms with Gasteiger partial charge in [-0.15, -0.1) is 0 Å². The molecule has 0 spiro atoms. The van der Waals surface area contributed by atoms with Gasteiger partial charge in [0.1, 0.15) is 0 Å². The van der Waals surface area contributed by atoms with Gasteiger partial charge in [-0.05, 0) is 17.0 Å². The van der Waals surface area contributed by atoms with E-state index in [0.717, 1.165) is 27.6 Å². The molecular weight excluding hydrogens is 250 g/mol. The van der Waals surface area contributed by atoms with Gasteiger partial charge in [-0.1, -0.05) is 48.5 Å². The molecular formula is C17H13NO2. The molecule has 0 atom stereocenters. The van der Waals surface area contributed by atoms with Gasteiger partial charge in [0.25, 0.3) is 0 Å². The number of hydrogen-bond donors (Lipinski definition) is 1. The number of fused-ring (bicyclic) bond motifs is 1. The number of carboxylic acid groups (broad SMARTS) is 1. The minimum Gasteiger partial charge on any atom is -0.481 e. The van der Waals surface area contributed by atoms with Crippen molar-refractivity contribution in [1.82, 2.24) is 4.98 Å². The van der Waals surface area contributed by atoms with Crippen LogP contribution in [-0.4, -0.2) is 16.1 Å². The van der Waals surface area contributed by atoms with Crippen molar-refractivity contribution >= 4 is 16.7 Å². The molecule has 1 aromatic heterocycles.